The maximum Gasteiger partial charge on any atom is 0.252 e. The van der Waals surface area contributed by atoms with Crippen molar-refractivity contribution in [3.63, 3.8) is 0 Å². The minimum atomic E-state index is -3.62. The minimum Gasteiger partial charge on any atom is -0.352 e. The van der Waals surface area contributed by atoms with E-state index >= 15 is 0 Å². The normalized spacial score (nSPS) is 20.3. The summed E-state index contributed by atoms with van der Waals surface area (Å²) in [5.74, 6) is -0.354. The zero-order valence-corrected chi connectivity index (χ0v) is 20.1. The van der Waals surface area contributed by atoms with Gasteiger partial charge in [0.15, 0.2) is 0 Å². The number of aromatic nitrogens is 1. The molecule has 33 heavy (non-hydrogen) atoms. The second kappa shape index (κ2) is 10.4. The van der Waals surface area contributed by atoms with Gasteiger partial charge in [-0.3, -0.25) is 9.59 Å². The third-order valence-electron chi connectivity index (χ3n) is 6.89. The molecule has 180 valence electrons. The van der Waals surface area contributed by atoms with E-state index in [-0.39, 0.29) is 21.9 Å². The quantitative estimate of drug-likeness (QED) is 0.573. The number of hydrogen-bond donors (Lipinski definition) is 2. The van der Waals surface area contributed by atoms with Crippen LogP contribution in [0, 0.1) is 0 Å². The van der Waals surface area contributed by atoms with Gasteiger partial charge in [-0.15, -0.1) is 0 Å². The first-order valence-electron chi connectivity index (χ1n) is 12.1. The molecule has 0 spiro atoms. The molecule has 2 saturated heterocycles. The summed E-state index contributed by atoms with van der Waals surface area (Å²) in [5, 5.41) is 3.37. The van der Waals surface area contributed by atoms with Crippen LogP contribution in [0.1, 0.15) is 62.2 Å². The number of carbonyl (C=O) groups is 1. The molecular formula is C24H34N4O4S. The molecule has 0 saturated carbocycles. The van der Waals surface area contributed by atoms with E-state index in [9.17, 15) is 18.0 Å². The summed E-state index contributed by atoms with van der Waals surface area (Å²) in [7, 11) is -3.62. The number of hydrogen-bond acceptors (Lipinski definition) is 5. The molecule has 1 amide bonds. The molecule has 3 heterocycles. The molecule has 2 aliphatic heterocycles. The number of fused-ring (bicyclic) bond motifs is 1. The largest absolute Gasteiger partial charge is 0.352 e. The van der Waals surface area contributed by atoms with Gasteiger partial charge in [0.2, 0.25) is 15.6 Å². The summed E-state index contributed by atoms with van der Waals surface area (Å²) in [6.07, 6.45) is 7.44. The molecule has 2 aliphatic rings. The van der Waals surface area contributed by atoms with Crippen molar-refractivity contribution in [2.45, 2.75) is 62.8 Å². The highest BCUT2D eigenvalue weighted by Crippen LogP contribution is 2.25. The van der Waals surface area contributed by atoms with Crippen LogP contribution < -0.4 is 10.9 Å². The van der Waals surface area contributed by atoms with E-state index in [0.29, 0.717) is 36.6 Å². The molecule has 2 fully saturated rings. The first kappa shape index (κ1) is 23.9. The van der Waals surface area contributed by atoms with Gasteiger partial charge < -0.3 is 15.2 Å². The fourth-order valence-corrected chi connectivity index (χ4v) is 6.60. The van der Waals surface area contributed by atoms with Gasteiger partial charge in [-0.25, -0.2) is 8.42 Å². The molecule has 0 bridgehead atoms. The van der Waals surface area contributed by atoms with E-state index in [0.717, 1.165) is 38.8 Å². The van der Waals surface area contributed by atoms with Crippen molar-refractivity contribution in [3.8, 4) is 0 Å². The van der Waals surface area contributed by atoms with Gasteiger partial charge in [0, 0.05) is 49.2 Å². The Morgan fingerprint density at radius 2 is 1.88 bits per heavy atom. The van der Waals surface area contributed by atoms with Gasteiger partial charge in [0.1, 0.15) is 0 Å². The second-order valence-corrected chi connectivity index (χ2v) is 11.0. The summed E-state index contributed by atoms with van der Waals surface area (Å²) in [6, 6.07) is 6.45. The summed E-state index contributed by atoms with van der Waals surface area (Å²) in [5.41, 5.74) is 0.269. The number of carbonyl (C=O) groups excluding carboxylic acids is 1. The third-order valence-corrected chi connectivity index (χ3v) is 8.78. The van der Waals surface area contributed by atoms with Gasteiger partial charge >= 0.3 is 0 Å². The molecule has 9 heteroatoms. The number of pyridine rings is 1. The van der Waals surface area contributed by atoms with Gasteiger partial charge in [-0.2, -0.15) is 4.31 Å². The minimum absolute atomic E-state index is 0.147. The van der Waals surface area contributed by atoms with E-state index < -0.39 is 10.0 Å². The number of sulfonamides is 1. The van der Waals surface area contributed by atoms with Crippen LogP contribution in [0.15, 0.2) is 34.0 Å². The Labute approximate surface area is 195 Å². The summed E-state index contributed by atoms with van der Waals surface area (Å²) < 4.78 is 27.5. The first-order chi connectivity index (χ1) is 15.9. The fraction of sp³-hybridized carbons (Fsp3) is 0.583. The second-order valence-electron chi connectivity index (χ2n) is 9.07. The Balaban J connectivity index is 1.49. The highest BCUT2D eigenvalue weighted by molar-refractivity contribution is 7.89. The molecule has 8 nitrogen and oxygen atoms in total. The molecule has 0 aliphatic carbocycles. The third kappa shape index (κ3) is 5.31. The number of rotatable bonds is 8. The van der Waals surface area contributed by atoms with Gasteiger partial charge in [0.25, 0.3) is 5.91 Å². The van der Waals surface area contributed by atoms with Crippen LogP contribution in [0.5, 0.6) is 0 Å². The van der Waals surface area contributed by atoms with Gasteiger partial charge in [-0.1, -0.05) is 13.3 Å². The number of aromatic amines is 1. The van der Waals surface area contributed by atoms with Crippen LogP contribution in [0.25, 0.3) is 10.9 Å². The highest BCUT2D eigenvalue weighted by atomic mass is 32.2. The Morgan fingerprint density at radius 1 is 1.12 bits per heavy atom. The van der Waals surface area contributed by atoms with Crippen LogP contribution >= 0.6 is 0 Å². The van der Waals surface area contributed by atoms with E-state index in [4.69, 9.17) is 0 Å². The topological polar surface area (TPSA) is 103 Å². The highest BCUT2D eigenvalue weighted by Gasteiger charge is 2.28. The van der Waals surface area contributed by atoms with Crippen LogP contribution in [0.2, 0.25) is 0 Å². The van der Waals surface area contributed by atoms with Crippen molar-refractivity contribution in [2.75, 3.05) is 32.7 Å². The number of H-pyrrole nitrogens is 1. The average molecular weight is 475 g/mol. The average Bonchev–Trinajstić information content (AvgIpc) is 3.37. The van der Waals surface area contributed by atoms with Gasteiger partial charge in [0.05, 0.1) is 10.5 Å². The number of piperidine rings is 1. The smallest absolute Gasteiger partial charge is 0.252 e. The Morgan fingerprint density at radius 3 is 2.64 bits per heavy atom. The molecule has 2 N–H and O–H groups in total. The predicted molar refractivity (Wildman–Crippen MR) is 129 cm³/mol. The number of nitrogens with one attached hydrogen (secondary N) is 2. The SMILES string of the molecule is CCC1CCCCN1CCCNC(=O)c1cc(=O)[nH]c2ccc(S(=O)(=O)N3CCCC3)cc12. The molecule has 4 rings (SSSR count). The Hall–Kier alpha value is -2.23. The summed E-state index contributed by atoms with van der Waals surface area (Å²) in [4.78, 5) is 30.5. The standard InChI is InChI=1S/C24H34N4O4S/c1-2-18-8-3-4-12-27(18)13-7-11-25-24(30)21-17-23(29)26-22-10-9-19(16-20(21)22)33(31,32)28-14-5-6-15-28/h9-10,16-18H,2-8,11-15H2,1H3,(H,25,30)(H,26,29). The van der Waals surface area contributed by atoms with Crippen molar-refractivity contribution in [1.29, 1.82) is 0 Å². The lowest BCUT2D eigenvalue weighted by Crippen LogP contribution is -2.40. The molecule has 1 aromatic heterocycles. The molecular weight excluding hydrogens is 440 g/mol. The fourth-order valence-electron chi connectivity index (χ4n) is 5.05. The van der Waals surface area contributed by atoms with Crippen molar-refractivity contribution >= 4 is 26.8 Å². The summed E-state index contributed by atoms with van der Waals surface area (Å²) in [6.45, 7) is 5.80. The van der Waals surface area contributed by atoms with Crippen LogP contribution in [-0.2, 0) is 10.0 Å². The monoisotopic (exact) mass is 474 g/mol. The van der Waals surface area contributed by atoms with Crippen molar-refractivity contribution in [2.24, 2.45) is 0 Å². The zero-order chi connectivity index (χ0) is 23.4. The Kier molecular flexibility index (Phi) is 7.51. The molecule has 1 aromatic carbocycles. The first-order valence-corrected chi connectivity index (χ1v) is 13.5. The zero-order valence-electron chi connectivity index (χ0n) is 19.3. The maximum atomic E-state index is 13.0. The maximum absolute atomic E-state index is 13.0. The van der Waals surface area contributed by atoms with E-state index in [2.05, 4.69) is 22.1 Å². The molecule has 2 aromatic rings. The van der Waals surface area contributed by atoms with Crippen molar-refractivity contribution in [1.82, 2.24) is 19.5 Å². The predicted octanol–water partition coefficient (Wildman–Crippen LogP) is 2.70. The summed E-state index contributed by atoms with van der Waals surface area (Å²) >= 11 is 0. The number of nitrogens with zero attached hydrogens (tertiary/aromatic N) is 2. The van der Waals surface area contributed by atoms with Crippen molar-refractivity contribution < 1.29 is 13.2 Å². The molecule has 1 atom stereocenters. The van der Waals surface area contributed by atoms with Crippen LogP contribution in [-0.4, -0.2) is 67.3 Å². The number of likely N-dealkylation sites (tertiary alicyclic amines) is 1. The van der Waals surface area contributed by atoms with Crippen molar-refractivity contribution in [3.05, 3.63) is 40.2 Å². The van der Waals surface area contributed by atoms with E-state index in [1.807, 2.05) is 0 Å². The lowest BCUT2D eigenvalue weighted by Gasteiger charge is -2.35. The van der Waals surface area contributed by atoms with E-state index in [1.54, 1.807) is 6.07 Å². The number of benzene rings is 1. The van der Waals surface area contributed by atoms with E-state index in [1.165, 1.54) is 41.8 Å². The lowest BCUT2D eigenvalue weighted by atomic mass is 10.00. The van der Waals surface area contributed by atoms with Gasteiger partial charge in [-0.05, 0) is 63.3 Å². The Bertz CT molecular complexity index is 1150. The van der Waals surface area contributed by atoms with Crippen LogP contribution in [0.4, 0.5) is 0 Å². The molecule has 1 unspecified atom stereocenters. The number of amides is 1. The molecule has 0 radical (unpaired) electrons. The lowest BCUT2D eigenvalue weighted by molar-refractivity contribution is 0.0948. The van der Waals surface area contributed by atoms with Crippen LogP contribution in [0.3, 0.4) is 0 Å².